The van der Waals surface area contributed by atoms with Gasteiger partial charge in [0.25, 0.3) is 0 Å². The lowest BCUT2D eigenvalue weighted by Gasteiger charge is -2.26. The van der Waals surface area contributed by atoms with E-state index in [0.29, 0.717) is 0 Å². The number of hydrogen-bond acceptors (Lipinski definition) is 1. The minimum Gasteiger partial charge on any atom is -1.00 e. The lowest BCUT2D eigenvalue weighted by molar-refractivity contribution is -0.909. The second-order valence-electron chi connectivity index (χ2n) is 4.57. The lowest BCUT2D eigenvalue weighted by Crippen LogP contribution is -3.00. The molecule has 0 aromatic carbocycles. The van der Waals surface area contributed by atoms with E-state index in [1.54, 1.807) is 0 Å². The summed E-state index contributed by atoms with van der Waals surface area (Å²) in [5, 5.41) is 9.01. The summed E-state index contributed by atoms with van der Waals surface area (Å²) >= 11 is 0. The average Bonchev–Trinajstić information content (AvgIpc) is 2.11. The van der Waals surface area contributed by atoms with Gasteiger partial charge in [0.05, 0.1) is 20.6 Å². The SMILES string of the molecule is CCCCCCCC[N+](C)(C)CO.[Br-]. The molecule has 0 aliphatic heterocycles. The number of nitrogens with zero attached hydrogens (tertiary/aromatic N) is 1. The van der Waals surface area contributed by atoms with Crippen molar-refractivity contribution in [1.29, 1.82) is 0 Å². The van der Waals surface area contributed by atoms with Crippen LogP contribution in [0.3, 0.4) is 0 Å². The van der Waals surface area contributed by atoms with Crippen LogP contribution < -0.4 is 17.0 Å². The molecule has 0 saturated carbocycles. The highest BCUT2D eigenvalue weighted by atomic mass is 79.9. The molecule has 0 unspecified atom stereocenters. The Kier molecular flexibility index (Phi) is 11.9. The Morgan fingerprint density at radius 2 is 1.43 bits per heavy atom. The predicted molar refractivity (Wildman–Crippen MR) is 57.4 cm³/mol. The molecule has 0 aliphatic rings. The molecule has 88 valence electrons. The van der Waals surface area contributed by atoms with Crippen LogP contribution in [0.15, 0.2) is 0 Å². The van der Waals surface area contributed by atoms with Crippen molar-refractivity contribution in [3.63, 3.8) is 0 Å². The summed E-state index contributed by atoms with van der Waals surface area (Å²) in [6.07, 6.45) is 8.00. The highest BCUT2D eigenvalue weighted by Gasteiger charge is 2.11. The summed E-state index contributed by atoms with van der Waals surface area (Å²) in [7, 11) is 4.15. The first kappa shape index (κ1) is 16.8. The van der Waals surface area contributed by atoms with Crippen LogP contribution in [0, 0.1) is 0 Å². The van der Waals surface area contributed by atoms with Crippen LogP contribution in [-0.2, 0) is 0 Å². The molecule has 14 heavy (non-hydrogen) atoms. The molecule has 0 spiro atoms. The van der Waals surface area contributed by atoms with Crippen molar-refractivity contribution in [1.82, 2.24) is 0 Å². The molecule has 0 heterocycles. The average molecular weight is 268 g/mol. The predicted octanol–water partition coefficient (Wildman–Crippen LogP) is -0.623. The van der Waals surface area contributed by atoms with Crippen LogP contribution in [0.5, 0.6) is 0 Å². The molecule has 0 radical (unpaired) electrons. The largest absolute Gasteiger partial charge is 1.00 e. The fourth-order valence-corrected chi connectivity index (χ4v) is 1.39. The number of halogens is 1. The van der Waals surface area contributed by atoms with E-state index in [2.05, 4.69) is 21.0 Å². The summed E-state index contributed by atoms with van der Waals surface area (Å²) in [6, 6.07) is 0. The first-order chi connectivity index (χ1) is 6.12. The second-order valence-corrected chi connectivity index (χ2v) is 4.57. The van der Waals surface area contributed by atoms with Gasteiger partial charge < -0.3 is 26.6 Å². The van der Waals surface area contributed by atoms with Crippen LogP contribution in [0.25, 0.3) is 0 Å². The molecule has 0 fully saturated rings. The van der Waals surface area contributed by atoms with Crippen molar-refractivity contribution in [2.75, 3.05) is 27.4 Å². The number of quaternary nitrogens is 1. The van der Waals surface area contributed by atoms with Crippen molar-refractivity contribution in [3.8, 4) is 0 Å². The van der Waals surface area contributed by atoms with Crippen LogP contribution in [0.4, 0.5) is 0 Å². The highest BCUT2D eigenvalue weighted by molar-refractivity contribution is 4.43. The molecular weight excluding hydrogens is 242 g/mol. The van der Waals surface area contributed by atoms with Gasteiger partial charge in [-0.05, 0) is 12.8 Å². The quantitative estimate of drug-likeness (QED) is 0.353. The minimum absolute atomic E-state index is 0. The summed E-state index contributed by atoms with van der Waals surface area (Å²) in [5.74, 6) is 0. The summed E-state index contributed by atoms with van der Waals surface area (Å²) in [6.45, 7) is 3.60. The molecule has 0 aromatic rings. The molecule has 2 nitrogen and oxygen atoms in total. The normalized spacial score (nSPS) is 11.1. The van der Waals surface area contributed by atoms with Gasteiger partial charge in [-0.1, -0.05) is 32.6 Å². The second kappa shape index (κ2) is 9.94. The lowest BCUT2D eigenvalue weighted by atomic mass is 10.1. The van der Waals surface area contributed by atoms with E-state index >= 15 is 0 Å². The van der Waals surface area contributed by atoms with E-state index in [1.165, 1.54) is 38.5 Å². The Balaban J connectivity index is 0. The smallest absolute Gasteiger partial charge is 0.179 e. The number of aliphatic hydroxyl groups is 1. The molecule has 0 aromatic heterocycles. The monoisotopic (exact) mass is 267 g/mol. The Hall–Kier alpha value is 0.400. The van der Waals surface area contributed by atoms with Crippen molar-refractivity contribution in [2.45, 2.75) is 45.4 Å². The summed E-state index contributed by atoms with van der Waals surface area (Å²) in [5.41, 5.74) is 0. The molecule has 0 rings (SSSR count). The van der Waals surface area contributed by atoms with E-state index in [9.17, 15) is 0 Å². The Bertz CT molecular complexity index is 118. The zero-order chi connectivity index (χ0) is 10.2. The number of hydrogen-bond donors (Lipinski definition) is 1. The third-order valence-corrected chi connectivity index (χ3v) is 2.50. The number of rotatable bonds is 8. The first-order valence-corrected chi connectivity index (χ1v) is 5.55. The fraction of sp³-hybridized carbons (Fsp3) is 1.00. The maximum atomic E-state index is 9.01. The minimum atomic E-state index is 0. The van der Waals surface area contributed by atoms with E-state index in [0.717, 1.165) is 11.0 Å². The van der Waals surface area contributed by atoms with Gasteiger partial charge in [0, 0.05) is 0 Å². The van der Waals surface area contributed by atoms with Crippen LogP contribution in [0.1, 0.15) is 45.4 Å². The van der Waals surface area contributed by atoms with Crippen LogP contribution in [-0.4, -0.2) is 37.0 Å². The van der Waals surface area contributed by atoms with Gasteiger partial charge in [-0.3, -0.25) is 0 Å². The molecule has 1 N–H and O–H groups in total. The third-order valence-electron chi connectivity index (χ3n) is 2.50. The van der Waals surface area contributed by atoms with Gasteiger partial charge in [-0.25, -0.2) is 0 Å². The standard InChI is InChI=1S/C11H26NO.BrH/c1-4-5-6-7-8-9-10-12(2,3)11-13;/h13H,4-11H2,1-3H3;1H/q+1;/p-1. The van der Waals surface area contributed by atoms with Gasteiger partial charge >= 0.3 is 0 Å². The van der Waals surface area contributed by atoms with Gasteiger partial charge in [0.15, 0.2) is 6.73 Å². The van der Waals surface area contributed by atoms with Crippen molar-refractivity contribution in [3.05, 3.63) is 0 Å². The highest BCUT2D eigenvalue weighted by Crippen LogP contribution is 2.07. The molecule has 0 atom stereocenters. The number of unbranched alkanes of at least 4 members (excludes halogenated alkanes) is 5. The Morgan fingerprint density at radius 3 is 1.93 bits per heavy atom. The van der Waals surface area contributed by atoms with E-state index in [1.807, 2.05) is 0 Å². The Morgan fingerprint density at radius 1 is 0.929 bits per heavy atom. The van der Waals surface area contributed by atoms with E-state index in [-0.39, 0.29) is 23.7 Å². The summed E-state index contributed by atoms with van der Waals surface area (Å²) < 4.78 is 0.744. The maximum absolute atomic E-state index is 9.01. The molecule has 0 bridgehead atoms. The fourth-order valence-electron chi connectivity index (χ4n) is 1.39. The molecule has 0 saturated heterocycles. The maximum Gasteiger partial charge on any atom is 0.179 e. The zero-order valence-corrected chi connectivity index (χ0v) is 11.5. The van der Waals surface area contributed by atoms with Crippen molar-refractivity contribution < 1.29 is 26.6 Å². The summed E-state index contributed by atoms with van der Waals surface area (Å²) in [4.78, 5) is 0. The first-order valence-electron chi connectivity index (χ1n) is 5.55. The van der Waals surface area contributed by atoms with Crippen LogP contribution in [0.2, 0.25) is 0 Å². The van der Waals surface area contributed by atoms with Gasteiger partial charge in [0.1, 0.15) is 0 Å². The van der Waals surface area contributed by atoms with Crippen molar-refractivity contribution >= 4 is 0 Å². The molecule has 3 heteroatoms. The molecular formula is C11H26BrNO. The zero-order valence-electron chi connectivity index (χ0n) is 9.93. The molecule has 0 aliphatic carbocycles. The third kappa shape index (κ3) is 10.5. The Labute approximate surface area is 99.7 Å². The van der Waals surface area contributed by atoms with Gasteiger partial charge in [0.2, 0.25) is 0 Å². The van der Waals surface area contributed by atoms with Crippen molar-refractivity contribution in [2.24, 2.45) is 0 Å². The number of aliphatic hydroxyl groups excluding tert-OH is 1. The molecule has 0 amide bonds. The van der Waals surface area contributed by atoms with E-state index in [4.69, 9.17) is 5.11 Å². The topological polar surface area (TPSA) is 20.2 Å². The van der Waals surface area contributed by atoms with Gasteiger partial charge in [-0.2, -0.15) is 0 Å². The van der Waals surface area contributed by atoms with E-state index < -0.39 is 0 Å². The van der Waals surface area contributed by atoms with Gasteiger partial charge in [-0.15, -0.1) is 0 Å². The van der Waals surface area contributed by atoms with Crippen LogP contribution >= 0.6 is 0 Å².